The van der Waals surface area contributed by atoms with Crippen LogP contribution in [0.15, 0.2) is 121 Å². The van der Waals surface area contributed by atoms with Crippen LogP contribution in [0.1, 0.15) is 22.3 Å². The Morgan fingerprint density at radius 1 is 0.469 bits per heavy atom. The molecule has 0 spiro atoms. The van der Waals surface area contributed by atoms with Crippen molar-refractivity contribution in [2.24, 2.45) is 0 Å². The highest BCUT2D eigenvalue weighted by molar-refractivity contribution is 6.31. The molecule has 4 aromatic rings. The third kappa shape index (κ3) is 3.19. The maximum atomic E-state index is 12.2. The Labute approximate surface area is 189 Å². The van der Waals surface area contributed by atoms with Gasteiger partial charge in [0, 0.05) is 11.1 Å². The van der Waals surface area contributed by atoms with Crippen molar-refractivity contribution in [2.45, 2.75) is 5.60 Å². The van der Waals surface area contributed by atoms with E-state index in [-0.39, 0.29) is 0 Å². The second-order valence-corrected chi connectivity index (χ2v) is 7.82. The van der Waals surface area contributed by atoms with E-state index in [4.69, 9.17) is 6.42 Å². The summed E-state index contributed by atoms with van der Waals surface area (Å²) in [6, 6.07) is 40.3. The van der Waals surface area contributed by atoms with E-state index < -0.39 is 5.60 Å². The van der Waals surface area contributed by atoms with Crippen molar-refractivity contribution in [3.05, 3.63) is 144 Å². The van der Waals surface area contributed by atoms with Gasteiger partial charge in [-0.25, -0.2) is 0 Å². The van der Waals surface area contributed by atoms with Crippen molar-refractivity contribution >= 4 is 22.3 Å². The molecule has 0 heterocycles. The molecule has 5 rings (SSSR count). The lowest BCUT2D eigenvalue weighted by Crippen LogP contribution is -2.28. The molecule has 0 saturated heterocycles. The zero-order valence-corrected chi connectivity index (χ0v) is 17.6. The van der Waals surface area contributed by atoms with Gasteiger partial charge in [-0.05, 0) is 33.4 Å². The van der Waals surface area contributed by atoms with Crippen molar-refractivity contribution in [1.82, 2.24) is 0 Å². The van der Waals surface area contributed by atoms with E-state index >= 15 is 0 Å². The van der Waals surface area contributed by atoms with Crippen LogP contribution in [-0.2, 0) is 0 Å². The fourth-order valence-electron chi connectivity index (χ4n) is 4.58. The van der Waals surface area contributed by atoms with Crippen LogP contribution in [0.3, 0.4) is 0 Å². The number of benzene rings is 4. The van der Waals surface area contributed by atoms with Gasteiger partial charge in [0.1, 0.15) is 0 Å². The Bertz CT molecular complexity index is 1240. The van der Waals surface area contributed by atoms with E-state index in [1.165, 1.54) is 0 Å². The largest absolute Gasteiger partial charge is 0.369 e. The summed E-state index contributed by atoms with van der Waals surface area (Å²) in [7, 11) is 0. The number of hydrogen-bond acceptors (Lipinski definition) is 1. The molecule has 0 unspecified atom stereocenters. The molecule has 0 amide bonds. The summed E-state index contributed by atoms with van der Waals surface area (Å²) in [6.45, 7) is 0. The van der Waals surface area contributed by atoms with Gasteiger partial charge >= 0.3 is 0 Å². The lowest BCUT2D eigenvalue weighted by molar-refractivity contribution is 0.227. The number of terminal acetylenes is 1. The summed E-state index contributed by atoms with van der Waals surface area (Å²) in [4.78, 5) is 0. The van der Waals surface area contributed by atoms with E-state index in [0.29, 0.717) is 0 Å². The first kappa shape index (κ1) is 19.8. The molecule has 0 aromatic heterocycles. The minimum absolute atomic E-state index is 0.740. The van der Waals surface area contributed by atoms with Crippen molar-refractivity contribution < 1.29 is 5.11 Å². The lowest BCUT2D eigenvalue weighted by Gasteiger charge is -2.26. The Kier molecular flexibility index (Phi) is 5.07. The summed E-state index contributed by atoms with van der Waals surface area (Å²) in [6.07, 6.45) is 6.14. The first-order chi connectivity index (χ1) is 15.7. The predicted molar refractivity (Wildman–Crippen MR) is 133 cm³/mol. The van der Waals surface area contributed by atoms with Crippen LogP contribution in [0.2, 0.25) is 0 Å². The highest BCUT2D eigenvalue weighted by Gasteiger charge is 2.46. The highest BCUT2D eigenvalue weighted by Crippen LogP contribution is 2.56. The van der Waals surface area contributed by atoms with Crippen molar-refractivity contribution in [3.8, 4) is 12.3 Å². The minimum Gasteiger partial charge on any atom is -0.369 e. The normalized spacial score (nSPS) is 15.0. The molecule has 0 aliphatic heterocycles. The molecule has 0 atom stereocenters. The number of aliphatic hydroxyl groups is 1. The number of hydrogen-bond donors (Lipinski definition) is 1. The van der Waals surface area contributed by atoms with Gasteiger partial charge in [0.25, 0.3) is 0 Å². The molecular formula is C31H22O. The Hall–Kier alpha value is -4.12. The summed E-state index contributed by atoms with van der Waals surface area (Å²) in [5.41, 5.74) is 5.67. The predicted octanol–water partition coefficient (Wildman–Crippen LogP) is 6.59. The standard InChI is InChI=1S/C31H22O/c1-2-31(32)29(25-19-11-5-12-20-25)27(23-15-7-3-8-16-23)28(24-17-9-4-10-18-24)30(31)26-21-13-6-14-22-26/h1,3-22,32H. The second kappa shape index (κ2) is 8.19. The van der Waals surface area contributed by atoms with E-state index in [0.717, 1.165) is 44.5 Å². The van der Waals surface area contributed by atoms with Crippen molar-refractivity contribution in [2.75, 3.05) is 0 Å². The molecule has 1 aliphatic carbocycles. The molecule has 152 valence electrons. The van der Waals surface area contributed by atoms with Crippen LogP contribution in [0.25, 0.3) is 22.3 Å². The zero-order chi connectivity index (χ0) is 22.0. The molecule has 1 nitrogen and oxygen atoms in total. The van der Waals surface area contributed by atoms with Gasteiger partial charge < -0.3 is 5.11 Å². The quantitative estimate of drug-likeness (QED) is 0.377. The fraction of sp³-hybridized carbons (Fsp3) is 0.0323. The summed E-state index contributed by atoms with van der Waals surface area (Å²) in [5, 5.41) is 12.2. The van der Waals surface area contributed by atoms with Gasteiger partial charge in [-0.15, -0.1) is 6.42 Å². The number of allylic oxidation sites excluding steroid dienone is 2. The molecule has 0 saturated carbocycles. The molecule has 32 heavy (non-hydrogen) atoms. The van der Waals surface area contributed by atoms with E-state index in [1.807, 2.05) is 97.1 Å². The summed E-state index contributed by atoms with van der Waals surface area (Å²) < 4.78 is 0. The topological polar surface area (TPSA) is 20.2 Å². The maximum Gasteiger partial charge on any atom is 0.179 e. The second-order valence-electron chi connectivity index (χ2n) is 7.82. The van der Waals surface area contributed by atoms with Gasteiger partial charge in [-0.2, -0.15) is 0 Å². The third-order valence-electron chi connectivity index (χ3n) is 5.93. The Balaban J connectivity index is 1.96. The zero-order valence-electron chi connectivity index (χ0n) is 17.6. The van der Waals surface area contributed by atoms with Gasteiger partial charge in [0.15, 0.2) is 5.60 Å². The van der Waals surface area contributed by atoms with Crippen LogP contribution in [-0.4, -0.2) is 10.7 Å². The van der Waals surface area contributed by atoms with Crippen LogP contribution in [0.5, 0.6) is 0 Å². The number of rotatable bonds is 4. The van der Waals surface area contributed by atoms with E-state index in [9.17, 15) is 5.11 Å². The maximum absolute atomic E-state index is 12.2. The average Bonchev–Trinajstić information content (AvgIpc) is 3.16. The van der Waals surface area contributed by atoms with E-state index in [1.54, 1.807) is 0 Å². The molecule has 0 fully saturated rings. The first-order valence-electron chi connectivity index (χ1n) is 10.7. The highest BCUT2D eigenvalue weighted by atomic mass is 16.3. The summed E-state index contributed by atoms with van der Waals surface area (Å²) >= 11 is 0. The monoisotopic (exact) mass is 410 g/mol. The Morgan fingerprint density at radius 2 is 0.750 bits per heavy atom. The third-order valence-corrected chi connectivity index (χ3v) is 5.93. The lowest BCUT2D eigenvalue weighted by atomic mass is 9.82. The molecule has 1 N–H and O–H groups in total. The fourth-order valence-corrected chi connectivity index (χ4v) is 4.58. The molecule has 1 aliphatic rings. The molecule has 0 radical (unpaired) electrons. The van der Waals surface area contributed by atoms with Crippen molar-refractivity contribution in [3.63, 3.8) is 0 Å². The van der Waals surface area contributed by atoms with Gasteiger partial charge in [0.2, 0.25) is 0 Å². The van der Waals surface area contributed by atoms with Crippen LogP contribution in [0.4, 0.5) is 0 Å². The Morgan fingerprint density at radius 3 is 1.03 bits per heavy atom. The molecule has 1 heteroatoms. The van der Waals surface area contributed by atoms with Crippen molar-refractivity contribution in [1.29, 1.82) is 0 Å². The molecule has 4 aromatic carbocycles. The smallest absolute Gasteiger partial charge is 0.179 e. The minimum atomic E-state index is -1.58. The van der Waals surface area contributed by atoms with Crippen LogP contribution in [0, 0.1) is 12.3 Å². The molecule has 0 bridgehead atoms. The summed E-state index contributed by atoms with van der Waals surface area (Å²) in [5.74, 6) is 2.78. The van der Waals surface area contributed by atoms with E-state index in [2.05, 4.69) is 30.2 Å². The van der Waals surface area contributed by atoms with Gasteiger partial charge in [0.05, 0.1) is 0 Å². The molecular weight excluding hydrogens is 388 g/mol. The van der Waals surface area contributed by atoms with Crippen LogP contribution < -0.4 is 0 Å². The first-order valence-corrected chi connectivity index (χ1v) is 10.7. The van der Waals surface area contributed by atoms with Gasteiger partial charge in [-0.3, -0.25) is 0 Å². The van der Waals surface area contributed by atoms with Crippen LogP contribution >= 0.6 is 0 Å². The average molecular weight is 411 g/mol. The SMILES string of the molecule is C#CC1(O)C(c2ccccc2)=C(c2ccccc2)C(c2ccccc2)=C1c1ccccc1. The van der Waals surface area contributed by atoms with Gasteiger partial charge in [-0.1, -0.05) is 127 Å².